The number of nitrogens with zero attached hydrogens (tertiary/aromatic N) is 2. The standard InChI is InChI=1S/C17H20N3O5PS/c1-12(25-26(23,24)27)16(11-21)18-17(22)13-7-9-15(10-8-13)20-19-14-5-3-2-4-6-14/h2-10,12,16,21H,11H2,1H3,(H,18,22)(H2,23,24,27). The number of amides is 1. The molecule has 4 N–H and O–H groups in total. The Hall–Kier alpha value is -2.00. The Morgan fingerprint density at radius 1 is 1.11 bits per heavy atom. The van der Waals surface area contributed by atoms with E-state index in [0.717, 1.165) is 0 Å². The molecule has 0 bridgehead atoms. The van der Waals surface area contributed by atoms with E-state index in [4.69, 9.17) is 4.52 Å². The lowest BCUT2D eigenvalue weighted by Gasteiger charge is -2.24. The zero-order valence-electron chi connectivity index (χ0n) is 14.5. The van der Waals surface area contributed by atoms with E-state index in [-0.39, 0.29) is 0 Å². The molecule has 0 aliphatic carbocycles. The fraction of sp³-hybridized carbons (Fsp3) is 0.235. The summed E-state index contributed by atoms with van der Waals surface area (Å²) < 4.78 is 4.86. The van der Waals surface area contributed by atoms with E-state index in [1.165, 1.54) is 6.92 Å². The number of rotatable bonds is 8. The van der Waals surface area contributed by atoms with Gasteiger partial charge in [-0.3, -0.25) is 4.79 Å². The molecule has 0 aliphatic rings. The van der Waals surface area contributed by atoms with E-state index in [0.29, 0.717) is 16.9 Å². The molecule has 10 heteroatoms. The number of aliphatic hydroxyl groups is 1. The quantitative estimate of drug-likeness (QED) is 0.393. The van der Waals surface area contributed by atoms with Crippen LogP contribution in [-0.2, 0) is 16.3 Å². The summed E-state index contributed by atoms with van der Waals surface area (Å²) in [5, 5.41) is 20.2. The summed E-state index contributed by atoms with van der Waals surface area (Å²) in [5.74, 6) is -0.458. The molecule has 0 saturated carbocycles. The predicted molar refractivity (Wildman–Crippen MR) is 105 cm³/mol. The second kappa shape index (κ2) is 9.80. The molecule has 2 rings (SSSR count). The zero-order valence-corrected chi connectivity index (χ0v) is 16.2. The van der Waals surface area contributed by atoms with Crippen LogP contribution < -0.4 is 5.32 Å². The number of carbonyl (C=O) groups is 1. The number of hydrogen-bond acceptors (Lipinski definition) is 6. The highest BCUT2D eigenvalue weighted by molar-refractivity contribution is 8.06. The van der Waals surface area contributed by atoms with Gasteiger partial charge in [0.25, 0.3) is 5.91 Å². The second-order valence-corrected chi connectivity index (χ2v) is 8.27. The fourth-order valence-electron chi connectivity index (χ4n) is 2.14. The van der Waals surface area contributed by atoms with Gasteiger partial charge in [0, 0.05) is 5.56 Å². The van der Waals surface area contributed by atoms with Crippen molar-refractivity contribution in [2.24, 2.45) is 10.2 Å². The van der Waals surface area contributed by atoms with Crippen LogP contribution in [0.15, 0.2) is 64.8 Å². The largest absolute Gasteiger partial charge is 0.394 e. The van der Waals surface area contributed by atoms with Crippen molar-refractivity contribution in [2.75, 3.05) is 6.61 Å². The smallest absolute Gasteiger partial charge is 0.322 e. The van der Waals surface area contributed by atoms with Gasteiger partial charge in [0.1, 0.15) is 0 Å². The summed E-state index contributed by atoms with van der Waals surface area (Å²) >= 11 is 4.40. The monoisotopic (exact) mass is 409 g/mol. The fourth-order valence-corrected chi connectivity index (χ4v) is 3.13. The maximum Gasteiger partial charge on any atom is 0.322 e. The first-order chi connectivity index (χ1) is 12.8. The highest BCUT2D eigenvalue weighted by Gasteiger charge is 2.24. The second-order valence-electron chi connectivity index (χ2n) is 5.65. The molecule has 8 nitrogen and oxygen atoms in total. The number of azo groups is 1. The van der Waals surface area contributed by atoms with Crippen molar-refractivity contribution < 1.29 is 24.2 Å². The van der Waals surface area contributed by atoms with E-state index in [1.54, 1.807) is 24.3 Å². The van der Waals surface area contributed by atoms with Crippen molar-refractivity contribution in [2.45, 2.75) is 19.1 Å². The van der Waals surface area contributed by atoms with Gasteiger partial charge in [-0.2, -0.15) is 10.2 Å². The molecule has 27 heavy (non-hydrogen) atoms. The molecule has 0 heterocycles. The summed E-state index contributed by atoms with van der Waals surface area (Å²) in [4.78, 5) is 30.7. The van der Waals surface area contributed by atoms with Crippen LogP contribution in [-0.4, -0.2) is 39.6 Å². The zero-order chi connectivity index (χ0) is 19.9. The normalized spacial score (nSPS) is 14.1. The van der Waals surface area contributed by atoms with Crippen LogP contribution in [0.3, 0.4) is 0 Å². The molecular formula is C17H20N3O5PS. The van der Waals surface area contributed by atoms with Gasteiger partial charge in [-0.1, -0.05) is 18.2 Å². The van der Waals surface area contributed by atoms with Crippen molar-refractivity contribution in [3.63, 3.8) is 0 Å². The first kappa shape index (κ1) is 21.3. The van der Waals surface area contributed by atoms with Gasteiger partial charge < -0.3 is 24.7 Å². The Morgan fingerprint density at radius 3 is 2.19 bits per heavy atom. The van der Waals surface area contributed by atoms with Gasteiger partial charge in [0.15, 0.2) is 0 Å². The molecule has 2 aromatic rings. The first-order valence-electron chi connectivity index (χ1n) is 8.01. The van der Waals surface area contributed by atoms with Crippen LogP contribution in [0, 0.1) is 0 Å². The van der Waals surface area contributed by atoms with Gasteiger partial charge in [-0.05, 0) is 55.1 Å². The Morgan fingerprint density at radius 2 is 1.67 bits per heavy atom. The summed E-state index contributed by atoms with van der Waals surface area (Å²) in [5.41, 5.74) is 1.63. The average molecular weight is 409 g/mol. The van der Waals surface area contributed by atoms with Crippen LogP contribution in [0.25, 0.3) is 0 Å². The Kier molecular flexibility index (Phi) is 7.73. The molecule has 0 aliphatic heterocycles. The van der Waals surface area contributed by atoms with Gasteiger partial charge >= 0.3 is 6.72 Å². The van der Waals surface area contributed by atoms with E-state index < -0.39 is 31.4 Å². The van der Waals surface area contributed by atoms with Gasteiger partial charge in [-0.25, -0.2) is 0 Å². The minimum atomic E-state index is -3.90. The molecule has 0 aromatic heterocycles. The van der Waals surface area contributed by atoms with Crippen molar-refractivity contribution >= 4 is 35.8 Å². The van der Waals surface area contributed by atoms with Crippen molar-refractivity contribution in [3.8, 4) is 0 Å². The van der Waals surface area contributed by atoms with Crippen LogP contribution in [0.5, 0.6) is 0 Å². The number of carbonyl (C=O) groups excluding carboxylic acids is 1. The molecular weight excluding hydrogens is 389 g/mol. The third-order valence-corrected chi connectivity index (χ3v) is 4.42. The van der Waals surface area contributed by atoms with E-state index >= 15 is 0 Å². The molecule has 2 unspecified atom stereocenters. The van der Waals surface area contributed by atoms with Gasteiger partial charge in [0.05, 0.1) is 30.1 Å². The van der Waals surface area contributed by atoms with Crippen molar-refractivity contribution in [1.29, 1.82) is 0 Å². The molecule has 2 aromatic carbocycles. The maximum atomic E-state index is 12.3. The minimum absolute atomic E-state index is 0.340. The third kappa shape index (κ3) is 7.26. The van der Waals surface area contributed by atoms with Crippen molar-refractivity contribution in [1.82, 2.24) is 5.32 Å². The highest BCUT2D eigenvalue weighted by atomic mass is 32.5. The third-order valence-electron chi connectivity index (χ3n) is 3.55. The summed E-state index contributed by atoms with van der Waals surface area (Å²) in [6, 6.07) is 14.8. The van der Waals surface area contributed by atoms with Gasteiger partial charge in [-0.15, -0.1) is 0 Å². The molecule has 2 atom stereocenters. The predicted octanol–water partition coefficient (Wildman–Crippen LogP) is 2.81. The topological polar surface area (TPSA) is 124 Å². The van der Waals surface area contributed by atoms with Crippen LogP contribution in [0.4, 0.5) is 11.4 Å². The maximum absolute atomic E-state index is 12.3. The average Bonchev–Trinajstić information content (AvgIpc) is 2.64. The number of hydrogen-bond donors (Lipinski definition) is 4. The van der Waals surface area contributed by atoms with E-state index in [9.17, 15) is 19.7 Å². The SMILES string of the molecule is CC(OP(O)(O)=S)C(CO)NC(=O)c1ccc(N=Nc2ccccc2)cc1. The van der Waals surface area contributed by atoms with E-state index in [2.05, 4.69) is 27.4 Å². The van der Waals surface area contributed by atoms with Crippen LogP contribution in [0.2, 0.25) is 0 Å². The summed E-state index contributed by atoms with van der Waals surface area (Å²) in [7, 11) is 0. The lowest BCUT2D eigenvalue weighted by atomic mass is 10.1. The summed E-state index contributed by atoms with van der Waals surface area (Å²) in [6.45, 7) is -2.87. The highest BCUT2D eigenvalue weighted by Crippen LogP contribution is 2.38. The van der Waals surface area contributed by atoms with E-state index in [1.807, 2.05) is 30.3 Å². The Bertz CT molecular complexity index is 826. The molecule has 0 fully saturated rings. The van der Waals surface area contributed by atoms with Crippen LogP contribution in [0.1, 0.15) is 17.3 Å². The van der Waals surface area contributed by atoms with Crippen molar-refractivity contribution in [3.05, 3.63) is 60.2 Å². The number of nitrogens with one attached hydrogen (secondary N) is 1. The molecule has 0 saturated heterocycles. The molecule has 1 amide bonds. The first-order valence-corrected chi connectivity index (χ1v) is 10.6. The summed E-state index contributed by atoms with van der Waals surface area (Å²) in [6.07, 6.45) is -0.876. The molecule has 144 valence electrons. The Balaban J connectivity index is 2.00. The molecule has 0 spiro atoms. The lowest BCUT2D eigenvalue weighted by Crippen LogP contribution is -2.45. The number of benzene rings is 2. The minimum Gasteiger partial charge on any atom is -0.394 e. The van der Waals surface area contributed by atoms with Gasteiger partial charge in [0.2, 0.25) is 0 Å². The van der Waals surface area contributed by atoms with Crippen LogP contribution >= 0.6 is 6.72 Å². The number of aliphatic hydroxyl groups excluding tert-OH is 1. The molecule has 0 radical (unpaired) electrons. The lowest BCUT2D eigenvalue weighted by molar-refractivity contribution is 0.0775. The Labute approximate surface area is 161 Å².